The normalized spacial score (nSPS) is 12.4. The summed E-state index contributed by atoms with van der Waals surface area (Å²) in [5.74, 6) is 0.269. The first-order valence-electron chi connectivity index (χ1n) is 6.54. The zero-order valence-corrected chi connectivity index (χ0v) is 12.2. The van der Waals surface area contributed by atoms with Gasteiger partial charge in [0.25, 0.3) is 0 Å². The van der Waals surface area contributed by atoms with Gasteiger partial charge in [-0.2, -0.15) is 0 Å². The fourth-order valence-corrected chi connectivity index (χ4v) is 2.95. The fraction of sp³-hybridized carbons (Fsp3) is 0.333. The Hall–Kier alpha value is -1.52. The lowest BCUT2D eigenvalue weighted by atomic mass is 10.0. The maximum atomic E-state index is 10.2. The first-order valence-corrected chi connectivity index (χ1v) is 7.42. The summed E-state index contributed by atoms with van der Waals surface area (Å²) in [5.41, 5.74) is 8.00. The van der Waals surface area contributed by atoms with Gasteiger partial charge in [-0.1, -0.05) is 12.1 Å². The lowest BCUT2D eigenvalue weighted by Crippen LogP contribution is -2.21. The molecule has 1 aromatic carbocycles. The Morgan fingerprint density at radius 1 is 1.26 bits per heavy atom. The van der Waals surface area contributed by atoms with Crippen LogP contribution in [0, 0.1) is 0 Å². The monoisotopic (exact) mass is 276 g/mol. The van der Waals surface area contributed by atoms with Crippen molar-refractivity contribution in [3.05, 3.63) is 46.2 Å². The molecule has 0 bridgehead atoms. The molecule has 0 saturated heterocycles. The summed E-state index contributed by atoms with van der Waals surface area (Å²) < 4.78 is 0. The van der Waals surface area contributed by atoms with Crippen molar-refractivity contribution in [3.63, 3.8) is 0 Å². The van der Waals surface area contributed by atoms with Crippen molar-refractivity contribution in [1.82, 2.24) is 0 Å². The van der Waals surface area contributed by atoms with Crippen LogP contribution in [0.1, 0.15) is 30.3 Å². The highest BCUT2D eigenvalue weighted by atomic mass is 32.1. The van der Waals surface area contributed by atoms with Crippen LogP contribution >= 0.6 is 11.3 Å². The number of hydrogen-bond acceptors (Lipinski definition) is 4. The lowest BCUT2D eigenvalue weighted by molar-refractivity contribution is 0.465. The van der Waals surface area contributed by atoms with Crippen molar-refractivity contribution < 1.29 is 5.11 Å². The maximum Gasteiger partial charge on any atom is 0.122 e. The molecule has 0 radical (unpaired) electrons. The Balaban J connectivity index is 2.29. The zero-order chi connectivity index (χ0) is 13.8. The van der Waals surface area contributed by atoms with Crippen LogP contribution in [0.25, 0.3) is 0 Å². The van der Waals surface area contributed by atoms with Crippen LogP contribution in [0.3, 0.4) is 0 Å². The number of phenolic OH excluding ortho intramolecular Hbond substituents is 1. The predicted molar refractivity (Wildman–Crippen MR) is 82.0 cm³/mol. The molecule has 3 N–H and O–H groups in total. The van der Waals surface area contributed by atoms with Crippen molar-refractivity contribution in [2.24, 2.45) is 5.73 Å². The van der Waals surface area contributed by atoms with Gasteiger partial charge >= 0.3 is 0 Å². The van der Waals surface area contributed by atoms with Gasteiger partial charge in [-0.15, -0.1) is 11.3 Å². The molecule has 2 rings (SSSR count). The molecule has 3 nitrogen and oxygen atoms in total. The minimum Gasteiger partial charge on any atom is -0.508 e. The number of hydrogen-bond donors (Lipinski definition) is 2. The molecule has 0 aliphatic rings. The van der Waals surface area contributed by atoms with Crippen LogP contribution in [0.2, 0.25) is 0 Å². The van der Waals surface area contributed by atoms with Gasteiger partial charge in [-0.05, 0) is 31.4 Å². The average Bonchev–Trinajstić information content (AvgIpc) is 2.93. The van der Waals surface area contributed by atoms with E-state index >= 15 is 0 Å². The lowest BCUT2D eigenvalue weighted by Gasteiger charge is -2.22. The van der Waals surface area contributed by atoms with Crippen molar-refractivity contribution in [2.75, 3.05) is 18.0 Å². The minimum atomic E-state index is -0.259. The Morgan fingerprint density at radius 2 is 2.00 bits per heavy atom. The van der Waals surface area contributed by atoms with Crippen LogP contribution < -0.4 is 10.6 Å². The van der Waals surface area contributed by atoms with Crippen molar-refractivity contribution in [2.45, 2.75) is 19.9 Å². The van der Waals surface area contributed by atoms with E-state index in [9.17, 15) is 5.11 Å². The third kappa shape index (κ3) is 2.91. The third-order valence-corrected chi connectivity index (χ3v) is 4.28. The maximum absolute atomic E-state index is 10.2. The standard InChI is InChI=1S/C15H20N2OS/c1-3-17(4-2)11-7-8-12(13(18)10-11)15(16)14-6-5-9-19-14/h5-10,15,18H,3-4,16H2,1-2H3/t15-/m1/s1. The van der Waals surface area contributed by atoms with Gasteiger partial charge in [0.2, 0.25) is 0 Å². The van der Waals surface area contributed by atoms with E-state index in [2.05, 4.69) is 18.7 Å². The molecular formula is C15H20N2OS. The van der Waals surface area contributed by atoms with Gasteiger partial charge in [0.1, 0.15) is 5.75 Å². The number of aromatic hydroxyl groups is 1. The molecule has 4 heteroatoms. The molecule has 2 aromatic rings. The SMILES string of the molecule is CCN(CC)c1ccc([C@@H](N)c2cccs2)c(O)c1. The number of rotatable bonds is 5. The van der Waals surface area contributed by atoms with Gasteiger partial charge in [0, 0.05) is 35.3 Å². The van der Waals surface area contributed by atoms with Gasteiger partial charge in [-0.3, -0.25) is 0 Å². The Labute approximate surface area is 118 Å². The molecule has 0 spiro atoms. The molecule has 1 atom stereocenters. The first-order chi connectivity index (χ1) is 9.17. The number of thiophene rings is 1. The van der Waals surface area contributed by atoms with Gasteiger partial charge in [0.05, 0.1) is 6.04 Å². The Bertz CT molecular complexity index is 521. The molecule has 1 heterocycles. The predicted octanol–water partition coefficient (Wildman–Crippen LogP) is 3.35. The summed E-state index contributed by atoms with van der Waals surface area (Å²) in [4.78, 5) is 3.26. The summed E-state index contributed by atoms with van der Waals surface area (Å²) in [6.45, 7) is 6.05. The van der Waals surface area contributed by atoms with E-state index in [1.54, 1.807) is 17.4 Å². The van der Waals surface area contributed by atoms with Crippen molar-refractivity contribution in [3.8, 4) is 5.75 Å². The van der Waals surface area contributed by atoms with E-state index in [0.717, 1.165) is 29.2 Å². The number of benzene rings is 1. The number of phenols is 1. The summed E-state index contributed by atoms with van der Waals surface area (Å²) >= 11 is 1.61. The van der Waals surface area contributed by atoms with E-state index in [0.29, 0.717) is 0 Å². The number of nitrogens with zero attached hydrogens (tertiary/aromatic N) is 1. The van der Waals surface area contributed by atoms with Crippen LogP contribution in [-0.2, 0) is 0 Å². The van der Waals surface area contributed by atoms with E-state index < -0.39 is 0 Å². The molecule has 0 fully saturated rings. The average molecular weight is 276 g/mol. The van der Waals surface area contributed by atoms with E-state index in [-0.39, 0.29) is 11.8 Å². The summed E-state index contributed by atoms with van der Waals surface area (Å²) in [6.07, 6.45) is 0. The summed E-state index contributed by atoms with van der Waals surface area (Å²) in [6, 6.07) is 9.46. The van der Waals surface area contributed by atoms with Crippen LogP contribution in [-0.4, -0.2) is 18.2 Å². The second-order valence-electron chi connectivity index (χ2n) is 4.41. The van der Waals surface area contributed by atoms with Crippen molar-refractivity contribution in [1.29, 1.82) is 0 Å². The number of anilines is 1. The molecule has 0 saturated carbocycles. The third-order valence-electron chi connectivity index (χ3n) is 3.33. The highest BCUT2D eigenvalue weighted by Crippen LogP contribution is 2.32. The quantitative estimate of drug-likeness (QED) is 0.880. The van der Waals surface area contributed by atoms with Crippen LogP contribution in [0.4, 0.5) is 5.69 Å². The fourth-order valence-electron chi connectivity index (χ4n) is 2.20. The molecule has 0 unspecified atom stereocenters. The topological polar surface area (TPSA) is 49.5 Å². The Kier molecular flexibility index (Phi) is 4.45. The van der Waals surface area contributed by atoms with Gasteiger partial charge in [0.15, 0.2) is 0 Å². The summed E-state index contributed by atoms with van der Waals surface area (Å²) in [5, 5.41) is 12.2. The van der Waals surface area contributed by atoms with Crippen LogP contribution in [0.5, 0.6) is 5.75 Å². The number of nitrogens with two attached hydrogens (primary N) is 1. The largest absolute Gasteiger partial charge is 0.508 e. The molecule has 0 aliphatic carbocycles. The molecule has 0 aliphatic heterocycles. The van der Waals surface area contributed by atoms with Gasteiger partial charge < -0.3 is 15.7 Å². The highest BCUT2D eigenvalue weighted by molar-refractivity contribution is 7.10. The Morgan fingerprint density at radius 3 is 2.53 bits per heavy atom. The molecule has 1 aromatic heterocycles. The van der Waals surface area contributed by atoms with E-state index in [1.165, 1.54) is 0 Å². The molecule has 19 heavy (non-hydrogen) atoms. The minimum absolute atomic E-state index is 0.259. The van der Waals surface area contributed by atoms with E-state index in [4.69, 9.17) is 5.73 Å². The van der Waals surface area contributed by atoms with E-state index in [1.807, 2.05) is 29.6 Å². The summed E-state index contributed by atoms with van der Waals surface area (Å²) in [7, 11) is 0. The highest BCUT2D eigenvalue weighted by Gasteiger charge is 2.15. The zero-order valence-electron chi connectivity index (χ0n) is 11.3. The van der Waals surface area contributed by atoms with Gasteiger partial charge in [-0.25, -0.2) is 0 Å². The van der Waals surface area contributed by atoms with Crippen LogP contribution in [0.15, 0.2) is 35.7 Å². The molecule has 102 valence electrons. The molecule has 0 amide bonds. The smallest absolute Gasteiger partial charge is 0.122 e. The molecular weight excluding hydrogens is 256 g/mol. The first kappa shape index (κ1) is 13.9. The second-order valence-corrected chi connectivity index (χ2v) is 5.39. The second kappa shape index (κ2) is 6.08. The van der Waals surface area contributed by atoms with Crippen molar-refractivity contribution >= 4 is 17.0 Å².